The van der Waals surface area contributed by atoms with Crippen LogP contribution in [-0.2, 0) is 4.79 Å². The molecule has 0 aliphatic heterocycles. The monoisotopic (exact) mass is 301 g/mol. The summed E-state index contributed by atoms with van der Waals surface area (Å²) in [5.74, 6) is -0.114. The molecule has 0 aliphatic carbocycles. The summed E-state index contributed by atoms with van der Waals surface area (Å²) in [6.07, 6.45) is -0.532. The van der Waals surface area contributed by atoms with Crippen LogP contribution in [0, 0.1) is 5.41 Å². The minimum absolute atomic E-state index is 0.0257. The molecule has 0 radical (unpaired) electrons. The molecule has 0 heterocycles. The van der Waals surface area contributed by atoms with E-state index in [2.05, 4.69) is 10.1 Å². The first-order chi connectivity index (χ1) is 9.67. The van der Waals surface area contributed by atoms with Crippen LogP contribution in [0.25, 0.3) is 0 Å². The van der Waals surface area contributed by atoms with Gasteiger partial charge in [-0.3, -0.25) is 4.79 Å². The minimum atomic E-state index is -2.88. The van der Waals surface area contributed by atoms with Crippen LogP contribution in [0.1, 0.15) is 38.9 Å². The number of carbonyl (C=O) groups excluding carboxylic acids is 1. The van der Waals surface area contributed by atoms with Gasteiger partial charge in [0, 0.05) is 13.0 Å². The third kappa shape index (κ3) is 7.04. The molecule has 0 aromatic heterocycles. The highest BCUT2D eigenvalue weighted by Gasteiger charge is 2.17. The minimum Gasteiger partial charge on any atom is -0.435 e. The molecule has 21 heavy (non-hydrogen) atoms. The summed E-state index contributed by atoms with van der Waals surface area (Å²) in [7, 11) is 0. The Morgan fingerprint density at radius 3 is 2.33 bits per heavy atom. The number of alkyl halides is 2. The van der Waals surface area contributed by atoms with E-state index in [-0.39, 0.29) is 23.6 Å². The lowest BCUT2D eigenvalue weighted by Crippen LogP contribution is -2.31. The van der Waals surface area contributed by atoms with Gasteiger partial charge in [0.2, 0.25) is 5.91 Å². The van der Waals surface area contributed by atoms with Gasteiger partial charge in [-0.25, -0.2) is 0 Å². The Bertz CT molecular complexity index is 455. The summed E-state index contributed by atoms with van der Waals surface area (Å²) < 4.78 is 28.2. The highest BCUT2D eigenvalue weighted by molar-refractivity contribution is 5.76. The summed E-state index contributed by atoms with van der Waals surface area (Å²) in [5.41, 5.74) is 0.399. The molecule has 1 aromatic carbocycles. The molecule has 1 aromatic rings. The molecular formula is C15H21F2NO3. The van der Waals surface area contributed by atoms with Crippen molar-refractivity contribution < 1.29 is 23.4 Å². The molecule has 0 spiro atoms. The van der Waals surface area contributed by atoms with Crippen molar-refractivity contribution >= 4 is 5.91 Å². The molecule has 6 heteroatoms. The second-order valence-corrected chi connectivity index (χ2v) is 6.00. The first-order valence-electron chi connectivity index (χ1n) is 6.67. The maximum atomic E-state index is 12.0. The van der Waals surface area contributed by atoms with E-state index >= 15 is 0 Å². The number of hydrogen-bond acceptors (Lipinski definition) is 3. The number of aliphatic hydroxyl groups is 1. The fraction of sp³-hybridized carbons (Fsp3) is 0.533. The van der Waals surface area contributed by atoms with Crippen molar-refractivity contribution in [2.75, 3.05) is 6.54 Å². The van der Waals surface area contributed by atoms with Crippen molar-refractivity contribution in [2.45, 2.75) is 39.9 Å². The number of benzene rings is 1. The molecule has 0 saturated carbocycles. The van der Waals surface area contributed by atoms with Gasteiger partial charge in [0.1, 0.15) is 5.75 Å². The number of halogens is 2. The van der Waals surface area contributed by atoms with Gasteiger partial charge in [-0.15, -0.1) is 0 Å². The highest BCUT2D eigenvalue weighted by Crippen LogP contribution is 2.20. The number of hydrogen-bond donors (Lipinski definition) is 2. The van der Waals surface area contributed by atoms with Gasteiger partial charge in [0.15, 0.2) is 0 Å². The van der Waals surface area contributed by atoms with E-state index in [0.717, 1.165) is 0 Å². The second kappa shape index (κ2) is 7.36. The van der Waals surface area contributed by atoms with E-state index < -0.39 is 12.7 Å². The number of amides is 1. The Balaban J connectivity index is 2.48. The van der Waals surface area contributed by atoms with Crippen LogP contribution < -0.4 is 10.1 Å². The van der Waals surface area contributed by atoms with Crippen molar-refractivity contribution in [1.82, 2.24) is 5.32 Å². The lowest BCUT2D eigenvalue weighted by atomic mass is 9.92. The van der Waals surface area contributed by atoms with E-state index in [4.69, 9.17) is 0 Å². The standard InChI is InChI=1S/C15H21F2NO3/c1-15(2,3)8-13(20)18-9-12(19)10-4-6-11(7-5-10)21-14(16)17/h4-7,12,14,19H,8-9H2,1-3H3,(H,18,20). The van der Waals surface area contributed by atoms with Gasteiger partial charge in [0.25, 0.3) is 0 Å². The van der Waals surface area contributed by atoms with Crippen molar-refractivity contribution in [3.63, 3.8) is 0 Å². The van der Waals surface area contributed by atoms with Crippen molar-refractivity contribution in [1.29, 1.82) is 0 Å². The zero-order chi connectivity index (χ0) is 16.0. The van der Waals surface area contributed by atoms with E-state index in [9.17, 15) is 18.7 Å². The topological polar surface area (TPSA) is 58.6 Å². The summed E-state index contributed by atoms with van der Waals surface area (Å²) in [5, 5.41) is 12.6. The summed E-state index contributed by atoms with van der Waals surface area (Å²) in [4.78, 5) is 11.6. The van der Waals surface area contributed by atoms with Crippen LogP contribution in [0.4, 0.5) is 8.78 Å². The predicted molar refractivity (Wildman–Crippen MR) is 75.1 cm³/mol. The molecule has 1 rings (SSSR count). The van der Waals surface area contributed by atoms with E-state index in [1.807, 2.05) is 20.8 Å². The molecule has 0 bridgehead atoms. The fourth-order valence-corrected chi connectivity index (χ4v) is 1.74. The van der Waals surface area contributed by atoms with Crippen LogP contribution in [0.3, 0.4) is 0 Å². The molecule has 1 atom stereocenters. The second-order valence-electron chi connectivity index (χ2n) is 6.00. The fourth-order valence-electron chi connectivity index (χ4n) is 1.74. The highest BCUT2D eigenvalue weighted by atomic mass is 19.3. The first kappa shape index (κ1) is 17.4. The molecular weight excluding hydrogens is 280 g/mol. The van der Waals surface area contributed by atoms with Crippen LogP contribution >= 0.6 is 0 Å². The predicted octanol–water partition coefficient (Wildman–Crippen LogP) is 2.87. The summed E-state index contributed by atoms with van der Waals surface area (Å²) in [6.45, 7) is 3.04. The van der Waals surface area contributed by atoms with E-state index in [0.29, 0.717) is 12.0 Å². The maximum absolute atomic E-state index is 12.0. The third-order valence-electron chi connectivity index (χ3n) is 2.67. The van der Waals surface area contributed by atoms with Gasteiger partial charge in [-0.05, 0) is 23.1 Å². The molecule has 1 unspecified atom stereocenters. The smallest absolute Gasteiger partial charge is 0.387 e. The zero-order valence-corrected chi connectivity index (χ0v) is 12.4. The molecule has 118 valence electrons. The average Bonchev–Trinajstić information content (AvgIpc) is 2.34. The number of carbonyl (C=O) groups is 1. The first-order valence-corrected chi connectivity index (χ1v) is 6.67. The third-order valence-corrected chi connectivity index (χ3v) is 2.67. The van der Waals surface area contributed by atoms with Crippen LogP contribution in [0.5, 0.6) is 5.75 Å². The van der Waals surface area contributed by atoms with E-state index in [1.165, 1.54) is 24.3 Å². The van der Waals surface area contributed by atoms with Crippen LogP contribution in [-0.4, -0.2) is 24.2 Å². The van der Waals surface area contributed by atoms with Gasteiger partial charge in [0.05, 0.1) is 6.10 Å². The van der Waals surface area contributed by atoms with Gasteiger partial charge in [-0.2, -0.15) is 8.78 Å². The number of nitrogens with one attached hydrogen (secondary N) is 1. The number of aliphatic hydroxyl groups excluding tert-OH is 1. The molecule has 2 N–H and O–H groups in total. The Morgan fingerprint density at radius 2 is 1.86 bits per heavy atom. The van der Waals surface area contributed by atoms with Gasteiger partial charge < -0.3 is 15.2 Å². The molecule has 1 amide bonds. The zero-order valence-electron chi connectivity index (χ0n) is 12.4. The Hall–Kier alpha value is -1.69. The molecule has 0 aliphatic rings. The van der Waals surface area contributed by atoms with Crippen LogP contribution in [0.2, 0.25) is 0 Å². The van der Waals surface area contributed by atoms with Crippen molar-refractivity contribution in [3.05, 3.63) is 29.8 Å². The SMILES string of the molecule is CC(C)(C)CC(=O)NCC(O)c1ccc(OC(F)F)cc1. The Kier molecular flexibility index (Phi) is 6.08. The van der Waals surface area contributed by atoms with Gasteiger partial charge >= 0.3 is 6.61 Å². The summed E-state index contributed by atoms with van der Waals surface area (Å²) in [6, 6.07) is 5.67. The normalized spacial score (nSPS) is 13.1. The van der Waals surface area contributed by atoms with Crippen molar-refractivity contribution in [2.24, 2.45) is 5.41 Å². The molecule has 0 saturated heterocycles. The van der Waals surface area contributed by atoms with Gasteiger partial charge in [-0.1, -0.05) is 32.9 Å². The van der Waals surface area contributed by atoms with Crippen molar-refractivity contribution in [3.8, 4) is 5.75 Å². The maximum Gasteiger partial charge on any atom is 0.387 e. The molecule has 0 fully saturated rings. The molecule has 4 nitrogen and oxygen atoms in total. The largest absolute Gasteiger partial charge is 0.435 e. The Labute approximate surface area is 123 Å². The van der Waals surface area contributed by atoms with E-state index in [1.54, 1.807) is 0 Å². The lowest BCUT2D eigenvalue weighted by molar-refractivity contribution is -0.123. The Morgan fingerprint density at radius 1 is 1.29 bits per heavy atom. The average molecular weight is 301 g/mol. The number of rotatable bonds is 6. The lowest BCUT2D eigenvalue weighted by Gasteiger charge is -2.18. The quantitative estimate of drug-likeness (QED) is 0.849. The summed E-state index contributed by atoms with van der Waals surface area (Å²) >= 11 is 0. The number of ether oxygens (including phenoxy) is 1. The van der Waals surface area contributed by atoms with Crippen LogP contribution in [0.15, 0.2) is 24.3 Å².